The van der Waals surface area contributed by atoms with Crippen LogP contribution in [0.3, 0.4) is 0 Å². The number of aliphatic hydroxyl groups excluding tert-OH is 1. The van der Waals surface area contributed by atoms with Crippen molar-refractivity contribution in [2.75, 3.05) is 4.90 Å². The quantitative estimate of drug-likeness (QED) is 0.461. The highest BCUT2D eigenvalue weighted by atomic mass is 32.2. The second kappa shape index (κ2) is 7.62. The van der Waals surface area contributed by atoms with Crippen molar-refractivity contribution in [1.29, 1.82) is 0 Å². The van der Waals surface area contributed by atoms with Crippen LogP contribution in [-0.4, -0.2) is 21.5 Å². The van der Waals surface area contributed by atoms with Crippen molar-refractivity contribution in [3.63, 3.8) is 0 Å². The van der Waals surface area contributed by atoms with E-state index in [1.165, 1.54) is 11.8 Å². The molecule has 2 N–H and O–H groups in total. The number of fused-ring (bicyclic) bond motifs is 1. The maximum atomic E-state index is 11.1. The van der Waals surface area contributed by atoms with Gasteiger partial charge in [-0.25, -0.2) is 4.99 Å². The number of hydrogen-bond donors (Lipinski definition) is 2. The summed E-state index contributed by atoms with van der Waals surface area (Å²) in [4.78, 5) is 10.7. The van der Waals surface area contributed by atoms with E-state index in [2.05, 4.69) is 23.2 Å². The Morgan fingerprint density at radius 2 is 1.69 bits per heavy atom. The lowest BCUT2D eigenvalue weighted by molar-refractivity contribution is 0.233. The number of H-pyrrole nitrogens is 1. The third-order valence-electron chi connectivity index (χ3n) is 4.82. The molecule has 142 valence electrons. The van der Waals surface area contributed by atoms with Gasteiger partial charge < -0.3 is 10.1 Å². The molecule has 29 heavy (non-hydrogen) atoms. The number of nitrogens with one attached hydrogen (secondary N) is 1. The molecule has 0 bridgehead atoms. The predicted octanol–water partition coefficient (Wildman–Crippen LogP) is 5.77. The first-order valence-corrected chi connectivity index (χ1v) is 10.2. The van der Waals surface area contributed by atoms with Crippen molar-refractivity contribution in [3.05, 3.63) is 102 Å². The van der Waals surface area contributed by atoms with E-state index >= 15 is 0 Å². The van der Waals surface area contributed by atoms with Gasteiger partial charge in [0.2, 0.25) is 0 Å². The Kier molecular flexibility index (Phi) is 4.68. The normalized spacial score (nSPS) is 19.5. The van der Waals surface area contributed by atoms with Crippen LogP contribution in [0.1, 0.15) is 5.56 Å². The molecule has 1 fully saturated rings. The van der Waals surface area contributed by atoms with E-state index in [0.717, 1.165) is 37.9 Å². The van der Waals surface area contributed by atoms with Crippen LogP contribution >= 0.6 is 11.8 Å². The van der Waals surface area contributed by atoms with Crippen molar-refractivity contribution >= 4 is 45.3 Å². The van der Waals surface area contributed by atoms with Crippen LogP contribution in [-0.2, 0) is 0 Å². The second-order valence-corrected chi connectivity index (χ2v) is 7.82. The molecular weight excluding hydrogens is 378 g/mol. The van der Waals surface area contributed by atoms with Gasteiger partial charge in [-0.3, -0.25) is 4.90 Å². The van der Waals surface area contributed by atoms with Crippen LogP contribution in [0.2, 0.25) is 0 Å². The molecule has 1 aliphatic heterocycles. The number of rotatable bonds is 3. The van der Waals surface area contributed by atoms with E-state index in [1.807, 2.05) is 83.9 Å². The molecule has 1 saturated heterocycles. The Morgan fingerprint density at radius 1 is 0.931 bits per heavy atom. The smallest absolute Gasteiger partial charge is 0.176 e. The lowest BCUT2D eigenvalue weighted by Gasteiger charge is -2.22. The number of aliphatic imine (C=N–C) groups is 1. The van der Waals surface area contributed by atoms with Crippen molar-refractivity contribution in [2.24, 2.45) is 4.99 Å². The molecule has 0 radical (unpaired) electrons. The molecule has 1 aromatic heterocycles. The summed E-state index contributed by atoms with van der Waals surface area (Å²) in [5, 5.41) is 13.0. The number of anilines is 1. The second-order valence-electron chi connectivity index (χ2n) is 6.78. The fourth-order valence-corrected chi connectivity index (χ4v) is 4.47. The first-order valence-electron chi connectivity index (χ1n) is 9.41. The van der Waals surface area contributed by atoms with E-state index in [-0.39, 0.29) is 0 Å². The van der Waals surface area contributed by atoms with Crippen LogP contribution in [0.5, 0.6) is 0 Å². The monoisotopic (exact) mass is 397 g/mol. The highest BCUT2D eigenvalue weighted by Crippen LogP contribution is 2.40. The third kappa shape index (κ3) is 3.58. The summed E-state index contributed by atoms with van der Waals surface area (Å²) >= 11 is 1.50. The maximum Gasteiger partial charge on any atom is 0.176 e. The van der Waals surface area contributed by atoms with Gasteiger partial charge >= 0.3 is 0 Å². The Balaban J connectivity index is 1.56. The average Bonchev–Trinajstić information content (AvgIpc) is 3.34. The van der Waals surface area contributed by atoms with Gasteiger partial charge in [0.1, 0.15) is 0 Å². The Hall–Kier alpha value is -3.28. The van der Waals surface area contributed by atoms with Crippen molar-refractivity contribution in [2.45, 2.75) is 6.23 Å². The lowest BCUT2D eigenvalue weighted by Crippen LogP contribution is -2.32. The van der Waals surface area contributed by atoms with Gasteiger partial charge in [0.05, 0.1) is 5.69 Å². The zero-order valence-electron chi connectivity index (χ0n) is 15.6. The van der Waals surface area contributed by atoms with Gasteiger partial charge in [-0.05, 0) is 59.5 Å². The van der Waals surface area contributed by atoms with Gasteiger partial charge in [0.25, 0.3) is 0 Å². The number of benzene rings is 3. The molecular formula is C24H19N3OS. The van der Waals surface area contributed by atoms with E-state index in [9.17, 15) is 5.11 Å². The molecule has 0 saturated carbocycles. The number of nitrogens with zero attached hydrogens (tertiary/aromatic N) is 2. The summed E-state index contributed by atoms with van der Waals surface area (Å²) in [5.74, 6) is 0. The zero-order valence-corrected chi connectivity index (χ0v) is 16.4. The lowest BCUT2D eigenvalue weighted by atomic mass is 10.1. The first-order chi connectivity index (χ1) is 14.3. The SMILES string of the molecule is OC1/C(=C/c2ccc3[nH]ccc3c2)S/C(=N\c2ccccc2)N1c1ccccc1. The van der Waals surface area contributed by atoms with E-state index in [0.29, 0.717) is 0 Å². The molecule has 1 unspecified atom stereocenters. The third-order valence-corrected chi connectivity index (χ3v) is 5.85. The van der Waals surface area contributed by atoms with Crippen LogP contribution in [0.25, 0.3) is 17.0 Å². The summed E-state index contributed by atoms with van der Waals surface area (Å²) in [5.41, 5.74) is 3.92. The number of aromatic nitrogens is 1. The predicted molar refractivity (Wildman–Crippen MR) is 122 cm³/mol. The maximum absolute atomic E-state index is 11.1. The Bertz CT molecular complexity index is 1200. The highest BCUT2D eigenvalue weighted by molar-refractivity contribution is 8.18. The van der Waals surface area contributed by atoms with E-state index < -0.39 is 6.23 Å². The number of aliphatic hydroxyl groups is 1. The molecule has 3 aromatic carbocycles. The summed E-state index contributed by atoms with van der Waals surface area (Å²) < 4.78 is 0. The van der Waals surface area contributed by atoms with Gasteiger partial charge in [0.15, 0.2) is 11.4 Å². The minimum absolute atomic E-state index is 0.754. The molecule has 0 spiro atoms. The van der Waals surface area contributed by atoms with Gasteiger partial charge in [-0.1, -0.05) is 54.2 Å². The summed E-state index contributed by atoms with van der Waals surface area (Å²) in [6.07, 6.45) is 3.18. The zero-order chi connectivity index (χ0) is 19.6. The van der Waals surface area contributed by atoms with Gasteiger partial charge in [-0.15, -0.1) is 0 Å². The van der Waals surface area contributed by atoms with Crippen molar-refractivity contribution < 1.29 is 5.11 Å². The summed E-state index contributed by atoms with van der Waals surface area (Å²) in [6, 6.07) is 28.0. The van der Waals surface area contributed by atoms with Crippen molar-refractivity contribution in [1.82, 2.24) is 4.98 Å². The number of aromatic amines is 1. The molecule has 0 amide bonds. The molecule has 2 heterocycles. The van der Waals surface area contributed by atoms with E-state index in [1.54, 1.807) is 0 Å². The fraction of sp³-hybridized carbons (Fsp3) is 0.0417. The molecule has 0 aliphatic carbocycles. The fourth-order valence-electron chi connectivity index (χ4n) is 3.40. The van der Waals surface area contributed by atoms with Crippen LogP contribution in [0.4, 0.5) is 11.4 Å². The molecule has 5 heteroatoms. The van der Waals surface area contributed by atoms with Gasteiger partial charge in [0, 0.05) is 22.3 Å². The first kappa shape index (κ1) is 17.8. The number of thioether (sulfide) groups is 1. The summed E-state index contributed by atoms with van der Waals surface area (Å²) in [7, 11) is 0. The highest BCUT2D eigenvalue weighted by Gasteiger charge is 2.34. The topological polar surface area (TPSA) is 51.6 Å². The standard InChI is InChI=1S/C24H19N3OS/c28-23-22(16-17-11-12-21-18(15-17)13-14-25-21)29-24(26-19-7-3-1-4-8-19)27(23)20-9-5-2-6-10-20/h1-16,23,25,28H/b22-16-,26-24-. The van der Waals surface area contributed by atoms with E-state index in [4.69, 9.17) is 4.99 Å². The molecule has 4 nitrogen and oxygen atoms in total. The largest absolute Gasteiger partial charge is 0.368 e. The average molecular weight is 398 g/mol. The molecule has 1 atom stereocenters. The van der Waals surface area contributed by atoms with Crippen LogP contribution in [0, 0.1) is 0 Å². The van der Waals surface area contributed by atoms with Gasteiger partial charge in [-0.2, -0.15) is 0 Å². The molecule has 4 aromatic rings. The van der Waals surface area contributed by atoms with Crippen LogP contribution in [0.15, 0.2) is 101 Å². The minimum Gasteiger partial charge on any atom is -0.368 e. The Morgan fingerprint density at radius 3 is 2.48 bits per heavy atom. The Labute approximate surface area is 173 Å². The number of para-hydroxylation sites is 2. The minimum atomic E-state index is -0.785. The van der Waals surface area contributed by atoms with Crippen LogP contribution < -0.4 is 4.90 Å². The van der Waals surface area contributed by atoms with Crippen molar-refractivity contribution in [3.8, 4) is 0 Å². The number of amidine groups is 1. The molecule has 5 rings (SSSR count). The summed E-state index contributed by atoms with van der Waals surface area (Å²) in [6.45, 7) is 0. The molecule has 1 aliphatic rings. The number of hydrogen-bond acceptors (Lipinski definition) is 3.